The van der Waals surface area contributed by atoms with E-state index in [0.717, 1.165) is 25.7 Å². The number of hydrogen-bond acceptors (Lipinski definition) is 1. The lowest BCUT2D eigenvalue weighted by atomic mass is 10.2. The van der Waals surface area contributed by atoms with Crippen LogP contribution in [0.2, 0.25) is 0 Å². The fraction of sp³-hybridized carbons (Fsp3) is 0.600. The topological polar surface area (TPSA) is 20.2 Å². The van der Waals surface area contributed by atoms with Gasteiger partial charge in [-0.05, 0) is 26.2 Å². The summed E-state index contributed by atoms with van der Waals surface area (Å²) in [6.45, 7) is 1.87. The highest BCUT2D eigenvalue weighted by Gasteiger charge is 1.83. The maximum Gasteiger partial charge on any atom is 0.0619 e. The molecule has 11 heavy (non-hydrogen) atoms. The van der Waals surface area contributed by atoms with Gasteiger partial charge in [0, 0.05) is 6.61 Å². The molecular formula is C10H18O. The van der Waals surface area contributed by atoms with Crippen molar-refractivity contribution < 1.29 is 7.85 Å². The van der Waals surface area contributed by atoms with Crippen molar-refractivity contribution in [1.82, 2.24) is 0 Å². The minimum absolute atomic E-state index is 0.263. The average molecular weight is 156 g/mol. The molecule has 0 aliphatic heterocycles. The summed E-state index contributed by atoms with van der Waals surface area (Å²) in [5.41, 5.74) is 0. The van der Waals surface area contributed by atoms with Crippen molar-refractivity contribution in [2.75, 3.05) is 6.61 Å². The molecule has 0 aliphatic rings. The largest absolute Gasteiger partial charge is 0.396 e. The molecule has 0 bridgehead atoms. The van der Waals surface area contributed by atoms with Crippen LogP contribution < -0.4 is 0 Å². The summed E-state index contributed by atoms with van der Waals surface area (Å²) in [5.74, 6) is 0. The lowest BCUT2D eigenvalue weighted by molar-refractivity contribution is 0.283. The molecule has 0 saturated carbocycles. The Kier molecular flexibility index (Phi) is 6.10. The van der Waals surface area contributed by atoms with Crippen LogP contribution in [-0.4, -0.2) is 11.7 Å². The van der Waals surface area contributed by atoms with Crippen LogP contribution in [0, 0.1) is 0 Å². The first-order chi connectivity index (χ1) is 6.18. The monoisotopic (exact) mass is 156 g/mol. The van der Waals surface area contributed by atoms with E-state index in [0.29, 0.717) is 6.05 Å². The van der Waals surface area contributed by atoms with Gasteiger partial charge in [-0.15, -0.1) is 0 Å². The molecular weight excluding hydrogens is 136 g/mol. The van der Waals surface area contributed by atoms with Crippen LogP contribution in [0.25, 0.3) is 0 Å². The van der Waals surface area contributed by atoms with Crippen molar-refractivity contribution in [2.45, 2.75) is 32.6 Å². The van der Waals surface area contributed by atoms with E-state index in [1.54, 1.807) is 13.0 Å². The summed E-state index contributed by atoms with van der Waals surface area (Å²) in [6.07, 6.45) is 7.43. The van der Waals surface area contributed by atoms with Gasteiger partial charge in [0.25, 0.3) is 0 Å². The standard InChI is InChI=1S/C10H18O/c1-2-3-4-5-6-7-8-9-10-11/h2-5,11H,6-10H2,1H3/b3-2+,5-4+/i2D,3D. The third-order valence-corrected chi connectivity index (χ3v) is 1.37. The first-order valence-electron chi connectivity index (χ1n) is 5.10. The van der Waals surface area contributed by atoms with Gasteiger partial charge in [-0.3, -0.25) is 0 Å². The normalized spacial score (nSPS) is 16.2. The Morgan fingerprint density at radius 1 is 1.36 bits per heavy atom. The van der Waals surface area contributed by atoms with Crippen LogP contribution in [0.4, 0.5) is 0 Å². The zero-order valence-electron chi connectivity index (χ0n) is 9.14. The van der Waals surface area contributed by atoms with Crippen LogP contribution >= 0.6 is 0 Å². The van der Waals surface area contributed by atoms with Crippen molar-refractivity contribution >= 4 is 0 Å². The number of unbranched alkanes of at least 4 members (excludes halogenated alkanes) is 3. The molecule has 0 unspecified atom stereocenters. The van der Waals surface area contributed by atoms with Gasteiger partial charge in [-0.2, -0.15) is 0 Å². The van der Waals surface area contributed by atoms with Crippen molar-refractivity contribution in [3.05, 3.63) is 24.3 Å². The van der Waals surface area contributed by atoms with Crippen molar-refractivity contribution in [2.24, 2.45) is 0 Å². The van der Waals surface area contributed by atoms with Crippen molar-refractivity contribution in [3.8, 4) is 0 Å². The van der Waals surface area contributed by atoms with E-state index < -0.39 is 0 Å². The summed E-state index contributed by atoms with van der Waals surface area (Å²) < 4.78 is 14.4. The third kappa shape index (κ3) is 9.44. The number of aliphatic hydroxyl groups excluding tert-OH is 1. The number of aliphatic hydroxyl groups is 1. The van der Waals surface area contributed by atoms with Crippen LogP contribution in [0.3, 0.4) is 0 Å². The number of allylic oxidation sites excluding steroid dienone is 4. The summed E-state index contributed by atoms with van der Waals surface area (Å²) in [6, 6.07) is 0.578. The molecule has 0 radical (unpaired) electrons. The first kappa shape index (κ1) is 7.11. The molecule has 0 fully saturated rings. The maximum absolute atomic E-state index is 8.50. The second-order valence-electron chi connectivity index (χ2n) is 2.37. The molecule has 0 aromatic heterocycles. The molecule has 0 heterocycles. The smallest absolute Gasteiger partial charge is 0.0619 e. The number of rotatable bonds is 6. The Balaban J connectivity index is 3.47. The Morgan fingerprint density at radius 2 is 2.18 bits per heavy atom. The minimum atomic E-state index is 0.263. The van der Waals surface area contributed by atoms with Gasteiger partial charge in [-0.25, -0.2) is 0 Å². The van der Waals surface area contributed by atoms with Gasteiger partial charge >= 0.3 is 0 Å². The Morgan fingerprint density at radius 3 is 2.82 bits per heavy atom. The lowest BCUT2D eigenvalue weighted by Gasteiger charge is -1.92. The summed E-state index contributed by atoms with van der Waals surface area (Å²) >= 11 is 0. The van der Waals surface area contributed by atoms with Gasteiger partial charge in [0.1, 0.15) is 0 Å². The minimum Gasteiger partial charge on any atom is -0.396 e. The van der Waals surface area contributed by atoms with E-state index in [4.69, 9.17) is 7.85 Å². The van der Waals surface area contributed by atoms with Crippen LogP contribution in [0.1, 0.15) is 35.3 Å². The number of hydrogen-bond donors (Lipinski definition) is 1. The summed E-state index contributed by atoms with van der Waals surface area (Å²) in [7, 11) is 0. The fourth-order valence-corrected chi connectivity index (χ4v) is 0.776. The third-order valence-electron chi connectivity index (χ3n) is 1.37. The Bertz CT molecular complexity index is 181. The second-order valence-corrected chi connectivity index (χ2v) is 2.37. The molecule has 1 heteroatoms. The zero-order chi connectivity index (χ0) is 10.1. The van der Waals surface area contributed by atoms with E-state index in [1.807, 2.05) is 6.08 Å². The summed E-state index contributed by atoms with van der Waals surface area (Å²) in [4.78, 5) is 0. The predicted octanol–water partition coefficient (Wildman–Crippen LogP) is 2.67. The van der Waals surface area contributed by atoms with Gasteiger partial charge in [-0.1, -0.05) is 30.7 Å². The van der Waals surface area contributed by atoms with Gasteiger partial charge in [0.15, 0.2) is 0 Å². The molecule has 0 atom stereocenters. The van der Waals surface area contributed by atoms with Crippen molar-refractivity contribution in [1.29, 1.82) is 0 Å². The lowest BCUT2D eigenvalue weighted by Crippen LogP contribution is -1.81. The fourth-order valence-electron chi connectivity index (χ4n) is 0.776. The van der Waals surface area contributed by atoms with Gasteiger partial charge in [0.05, 0.1) is 2.74 Å². The highest BCUT2D eigenvalue weighted by atomic mass is 16.2. The van der Waals surface area contributed by atoms with E-state index in [1.165, 1.54) is 0 Å². The average Bonchev–Trinajstić information content (AvgIpc) is 2.10. The molecule has 0 spiro atoms. The summed E-state index contributed by atoms with van der Waals surface area (Å²) in [5, 5.41) is 8.50. The van der Waals surface area contributed by atoms with Crippen molar-refractivity contribution in [3.63, 3.8) is 0 Å². The van der Waals surface area contributed by atoms with E-state index in [-0.39, 0.29) is 12.7 Å². The van der Waals surface area contributed by atoms with E-state index in [9.17, 15) is 0 Å². The molecule has 0 amide bonds. The highest BCUT2D eigenvalue weighted by molar-refractivity contribution is 5.00. The molecule has 0 aromatic carbocycles. The van der Waals surface area contributed by atoms with Crippen LogP contribution in [0.15, 0.2) is 24.3 Å². The van der Waals surface area contributed by atoms with Gasteiger partial charge < -0.3 is 5.11 Å². The first-order valence-corrected chi connectivity index (χ1v) is 4.10. The van der Waals surface area contributed by atoms with Crippen LogP contribution in [-0.2, 0) is 0 Å². The molecule has 0 saturated heterocycles. The molecule has 0 rings (SSSR count). The van der Waals surface area contributed by atoms with Crippen LogP contribution in [0.5, 0.6) is 0 Å². The predicted molar refractivity (Wildman–Crippen MR) is 49.5 cm³/mol. The van der Waals surface area contributed by atoms with E-state index >= 15 is 0 Å². The zero-order valence-corrected chi connectivity index (χ0v) is 7.14. The Hall–Kier alpha value is -0.560. The second kappa shape index (κ2) is 9.44. The molecule has 0 aromatic rings. The molecule has 1 N–H and O–H groups in total. The molecule has 1 nitrogen and oxygen atoms in total. The highest BCUT2D eigenvalue weighted by Crippen LogP contribution is 1.99. The van der Waals surface area contributed by atoms with E-state index in [2.05, 4.69) is 0 Å². The maximum atomic E-state index is 8.50. The quantitative estimate of drug-likeness (QED) is 0.463. The molecule has 0 aliphatic carbocycles. The molecule has 64 valence electrons. The Labute approximate surface area is 72.2 Å². The van der Waals surface area contributed by atoms with Gasteiger partial charge in [0.2, 0.25) is 0 Å². The SMILES string of the molecule is [2H]/C(C)=C([2H])\C=C\CCCCCO.